The van der Waals surface area contributed by atoms with E-state index in [1.54, 1.807) is 18.2 Å². The van der Waals surface area contributed by atoms with Crippen molar-refractivity contribution in [2.75, 3.05) is 17.6 Å². The van der Waals surface area contributed by atoms with Crippen molar-refractivity contribution in [3.05, 3.63) is 47.4 Å². The molecule has 2 heterocycles. The van der Waals surface area contributed by atoms with Crippen molar-refractivity contribution >= 4 is 22.0 Å². The molecule has 0 spiro atoms. The molecule has 2 aromatic rings. The number of halogens is 1. The lowest BCUT2D eigenvalue weighted by atomic mass is 9.97. The van der Waals surface area contributed by atoms with Gasteiger partial charge in [-0.2, -0.15) is 0 Å². The van der Waals surface area contributed by atoms with Gasteiger partial charge in [0.15, 0.2) is 6.29 Å². The molecule has 1 aromatic carbocycles. The Morgan fingerprint density at radius 1 is 1.13 bits per heavy atom. The van der Waals surface area contributed by atoms with Crippen LogP contribution in [0.1, 0.15) is 64.1 Å². The molecular formula is C27H38FN3O6S. The van der Waals surface area contributed by atoms with Crippen LogP contribution >= 0.6 is 0 Å². The van der Waals surface area contributed by atoms with Gasteiger partial charge in [-0.3, -0.25) is 0 Å². The van der Waals surface area contributed by atoms with Crippen LogP contribution in [0.2, 0.25) is 0 Å². The van der Waals surface area contributed by atoms with Gasteiger partial charge in [0.25, 0.3) is 0 Å². The summed E-state index contributed by atoms with van der Waals surface area (Å²) in [6.07, 6.45) is 3.00. The van der Waals surface area contributed by atoms with E-state index in [1.807, 2.05) is 27.7 Å². The molecule has 1 saturated heterocycles. The molecule has 11 heteroatoms. The van der Waals surface area contributed by atoms with E-state index in [9.17, 15) is 23.0 Å². The Kier molecular flexibility index (Phi) is 9.99. The first-order valence-corrected chi connectivity index (χ1v) is 14.6. The Hall–Kier alpha value is -2.44. The summed E-state index contributed by atoms with van der Waals surface area (Å²) in [5.41, 5.74) is 2.07. The van der Waals surface area contributed by atoms with E-state index in [2.05, 4.69) is 9.97 Å². The summed E-state index contributed by atoms with van der Waals surface area (Å²) >= 11 is 0. The molecule has 1 aromatic heterocycles. The summed E-state index contributed by atoms with van der Waals surface area (Å²) in [6, 6.07) is 5.69. The van der Waals surface area contributed by atoms with Gasteiger partial charge in [-0.25, -0.2) is 27.1 Å². The van der Waals surface area contributed by atoms with Crippen LogP contribution in [0.15, 0.2) is 30.3 Å². The van der Waals surface area contributed by atoms with E-state index in [-0.39, 0.29) is 36.9 Å². The SMILES string of the molecule is CC(C)c1nc(N(C)S(C)(=O)=O)nc(-c2ccc(F)cc2)c1/C=C/[C@@H](O)C[C@@H](O)C[C@@H]1O[C@H](C)C[C@H](C)O1. The summed E-state index contributed by atoms with van der Waals surface area (Å²) in [5.74, 6) is -0.563. The first kappa shape index (κ1) is 30.1. The van der Waals surface area contributed by atoms with Gasteiger partial charge in [0.1, 0.15) is 5.82 Å². The van der Waals surface area contributed by atoms with E-state index in [0.29, 0.717) is 22.5 Å². The minimum absolute atomic E-state index is 0.0143. The number of hydrogen-bond acceptors (Lipinski definition) is 8. The van der Waals surface area contributed by atoms with Crippen molar-refractivity contribution in [3.63, 3.8) is 0 Å². The second-order valence-electron chi connectivity index (χ2n) is 10.2. The molecule has 0 bridgehead atoms. The maximum Gasteiger partial charge on any atom is 0.239 e. The highest BCUT2D eigenvalue weighted by Gasteiger charge is 2.27. The number of rotatable bonds is 10. The molecule has 0 unspecified atom stereocenters. The van der Waals surface area contributed by atoms with Gasteiger partial charge >= 0.3 is 0 Å². The maximum absolute atomic E-state index is 13.7. The molecule has 2 N–H and O–H groups in total. The van der Waals surface area contributed by atoms with Gasteiger partial charge < -0.3 is 19.7 Å². The first-order valence-electron chi connectivity index (χ1n) is 12.7. The quantitative estimate of drug-likeness (QED) is 0.457. The zero-order chi connectivity index (χ0) is 28.2. The highest BCUT2D eigenvalue weighted by molar-refractivity contribution is 7.92. The minimum atomic E-state index is -3.63. The lowest BCUT2D eigenvalue weighted by molar-refractivity contribution is -0.243. The zero-order valence-corrected chi connectivity index (χ0v) is 23.5. The lowest BCUT2D eigenvalue weighted by Gasteiger charge is -2.33. The fourth-order valence-corrected chi connectivity index (χ4v) is 4.70. The van der Waals surface area contributed by atoms with Crippen molar-refractivity contribution in [1.82, 2.24) is 9.97 Å². The predicted molar refractivity (Wildman–Crippen MR) is 145 cm³/mol. The third-order valence-corrected chi connectivity index (χ3v) is 7.46. The van der Waals surface area contributed by atoms with Crippen molar-refractivity contribution in [3.8, 4) is 11.3 Å². The molecule has 0 amide bonds. The van der Waals surface area contributed by atoms with Gasteiger partial charge in [-0.15, -0.1) is 0 Å². The van der Waals surface area contributed by atoms with E-state index in [1.165, 1.54) is 25.3 Å². The zero-order valence-electron chi connectivity index (χ0n) is 22.7. The van der Waals surface area contributed by atoms with Crippen LogP contribution in [0.25, 0.3) is 17.3 Å². The number of aromatic nitrogens is 2. The predicted octanol–water partition coefficient (Wildman–Crippen LogP) is 3.86. The van der Waals surface area contributed by atoms with Gasteiger partial charge in [-0.05, 0) is 50.5 Å². The standard InChI is InChI=1S/C27H38FN3O6S/c1-16(2)25-23(12-11-21(32)14-22(33)15-24-36-17(3)13-18(4)37-24)26(19-7-9-20(28)10-8-19)30-27(29-25)31(5)38(6,34)35/h7-12,16-18,21-22,24,32-33H,13-15H2,1-6H3/b12-11+/t17-,18+,21-,22-,24-/m1/s1. The number of ether oxygens (including phenoxy) is 2. The Bertz CT molecular complexity index is 1210. The molecule has 1 aliphatic rings. The third kappa shape index (κ3) is 8.03. The second-order valence-corrected chi connectivity index (χ2v) is 12.2. The largest absolute Gasteiger partial charge is 0.393 e. The van der Waals surface area contributed by atoms with E-state index in [4.69, 9.17) is 9.47 Å². The smallest absolute Gasteiger partial charge is 0.239 e. The minimum Gasteiger partial charge on any atom is -0.393 e. The molecule has 3 rings (SSSR count). The maximum atomic E-state index is 13.7. The fraction of sp³-hybridized carbons (Fsp3) is 0.556. The Morgan fingerprint density at radius 3 is 2.29 bits per heavy atom. The lowest BCUT2D eigenvalue weighted by Crippen LogP contribution is -2.37. The second kappa shape index (κ2) is 12.6. The molecule has 9 nitrogen and oxygen atoms in total. The summed E-state index contributed by atoms with van der Waals surface area (Å²) in [4.78, 5) is 9.03. The van der Waals surface area contributed by atoms with Gasteiger partial charge in [0.2, 0.25) is 16.0 Å². The molecular weight excluding hydrogens is 513 g/mol. The third-order valence-electron chi connectivity index (χ3n) is 6.30. The number of benzene rings is 1. The van der Waals surface area contributed by atoms with Crippen molar-refractivity contribution in [2.45, 2.75) is 83.6 Å². The fourth-order valence-electron chi connectivity index (χ4n) is 4.32. The normalized spacial score (nSPS) is 22.1. The first-order chi connectivity index (χ1) is 17.7. The van der Waals surface area contributed by atoms with Crippen LogP contribution in [0.5, 0.6) is 0 Å². The van der Waals surface area contributed by atoms with Crippen molar-refractivity contribution in [1.29, 1.82) is 0 Å². The van der Waals surface area contributed by atoms with Crippen LogP contribution in [-0.2, 0) is 19.5 Å². The van der Waals surface area contributed by atoms with Crippen molar-refractivity contribution < 1.29 is 32.5 Å². The van der Waals surface area contributed by atoms with Crippen LogP contribution < -0.4 is 4.31 Å². The summed E-state index contributed by atoms with van der Waals surface area (Å²) in [6.45, 7) is 7.74. The molecule has 1 fully saturated rings. The van der Waals surface area contributed by atoms with E-state index < -0.39 is 34.3 Å². The number of aliphatic hydroxyl groups excluding tert-OH is 2. The van der Waals surface area contributed by atoms with Crippen LogP contribution in [0, 0.1) is 5.82 Å². The van der Waals surface area contributed by atoms with Crippen LogP contribution in [0.4, 0.5) is 10.3 Å². The number of aliphatic hydroxyl groups is 2. The average Bonchev–Trinajstić information content (AvgIpc) is 2.80. The molecule has 5 atom stereocenters. The Labute approximate surface area is 224 Å². The molecule has 0 aliphatic carbocycles. The molecule has 210 valence electrons. The monoisotopic (exact) mass is 551 g/mol. The summed E-state index contributed by atoms with van der Waals surface area (Å²) in [7, 11) is -2.27. The molecule has 0 radical (unpaired) electrons. The summed E-state index contributed by atoms with van der Waals surface area (Å²) in [5, 5.41) is 21.2. The molecule has 38 heavy (non-hydrogen) atoms. The Morgan fingerprint density at radius 2 is 1.74 bits per heavy atom. The average molecular weight is 552 g/mol. The van der Waals surface area contributed by atoms with Crippen LogP contribution in [0.3, 0.4) is 0 Å². The number of anilines is 1. The van der Waals surface area contributed by atoms with E-state index in [0.717, 1.165) is 17.0 Å². The number of sulfonamides is 1. The topological polar surface area (TPSA) is 122 Å². The van der Waals surface area contributed by atoms with Gasteiger partial charge in [0, 0.05) is 31.0 Å². The van der Waals surface area contributed by atoms with E-state index >= 15 is 0 Å². The Balaban J connectivity index is 1.91. The summed E-state index contributed by atoms with van der Waals surface area (Å²) < 4.78 is 50.5. The highest BCUT2D eigenvalue weighted by atomic mass is 32.2. The van der Waals surface area contributed by atoms with Crippen molar-refractivity contribution in [2.24, 2.45) is 0 Å². The number of nitrogens with zero attached hydrogens (tertiary/aromatic N) is 3. The van der Waals surface area contributed by atoms with Crippen LogP contribution in [-0.4, -0.2) is 72.6 Å². The highest BCUT2D eigenvalue weighted by Crippen LogP contribution is 2.32. The molecule has 1 aliphatic heterocycles. The molecule has 0 saturated carbocycles. The van der Waals surface area contributed by atoms with Gasteiger partial charge in [-0.1, -0.05) is 26.0 Å². The van der Waals surface area contributed by atoms with Gasteiger partial charge in [0.05, 0.1) is 42.1 Å². The number of hydrogen-bond donors (Lipinski definition) is 2.